The summed E-state index contributed by atoms with van der Waals surface area (Å²) in [7, 11) is 0. The maximum atomic E-state index is 12.6. The van der Waals surface area contributed by atoms with E-state index < -0.39 is 6.43 Å². The fraction of sp³-hybridized carbons (Fsp3) is 0.538. The van der Waals surface area contributed by atoms with Crippen LogP contribution in [0, 0.1) is 5.92 Å². The lowest BCUT2D eigenvalue weighted by molar-refractivity contribution is -0.0458. The van der Waals surface area contributed by atoms with Crippen molar-refractivity contribution in [3.8, 4) is 0 Å². The summed E-state index contributed by atoms with van der Waals surface area (Å²) < 4.78 is 30.8. The zero-order chi connectivity index (χ0) is 12.3. The van der Waals surface area contributed by atoms with Crippen LogP contribution in [0.3, 0.4) is 0 Å². The highest BCUT2D eigenvalue weighted by Gasteiger charge is 2.27. The van der Waals surface area contributed by atoms with Crippen LogP contribution in [0.1, 0.15) is 36.5 Å². The number of aliphatic hydroxyl groups excluding tert-OH is 1. The highest BCUT2D eigenvalue weighted by molar-refractivity contribution is 5.26. The van der Waals surface area contributed by atoms with Crippen molar-refractivity contribution < 1.29 is 18.6 Å². The number of alkyl halides is 2. The van der Waals surface area contributed by atoms with Crippen molar-refractivity contribution in [2.45, 2.75) is 25.4 Å². The SMILES string of the molecule is OCC1CCCOC1c1cccc(C(F)F)c1. The molecule has 0 saturated carbocycles. The fourth-order valence-corrected chi connectivity index (χ4v) is 2.27. The maximum Gasteiger partial charge on any atom is 0.263 e. The molecule has 0 amide bonds. The first kappa shape index (κ1) is 12.5. The molecule has 94 valence electrons. The Balaban J connectivity index is 2.22. The second-order valence-electron chi connectivity index (χ2n) is 4.35. The zero-order valence-corrected chi connectivity index (χ0v) is 9.48. The fourth-order valence-electron chi connectivity index (χ4n) is 2.27. The van der Waals surface area contributed by atoms with Crippen LogP contribution in [0.5, 0.6) is 0 Å². The third-order valence-electron chi connectivity index (χ3n) is 3.17. The number of halogens is 2. The van der Waals surface area contributed by atoms with Crippen molar-refractivity contribution in [3.63, 3.8) is 0 Å². The van der Waals surface area contributed by atoms with E-state index >= 15 is 0 Å². The van der Waals surface area contributed by atoms with Gasteiger partial charge in [0.15, 0.2) is 0 Å². The molecule has 1 aliphatic rings. The van der Waals surface area contributed by atoms with Gasteiger partial charge in [0.25, 0.3) is 6.43 Å². The molecule has 1 aromatic rings. The summed E-state index contributed by atoms with van der Waals surface area (Å²) in [5.41, 5.74) is 0.745. The number of hydrogen-bond acceptors (Lipinski definition) is 2. The van der Waals surface area contributed by atoms with Gasteiger partial charge in [0.2, 0.25) is 0 Å². The molecule has 2 nitrogen and oxygen atoms in total. The Kier molecular flexibility index (Phi) is 4.07. The maximum absolute atomic E-state index is 12.6. The molecule has 2 rings (SSSR count). The summed E-state index contributed by atoms with van der Waals surface area (Å²) in [5.74, 6) is 0.0108. The Morgan fingerprint density at radius 1 is 1.41 bits per heavy atom. The van der Waals surface area contributed by atoms with Crippen molar-refractivity contribution in [3.05, 3.63) is 35.4 Å². The summed E-state index contributed by atoms with van der Waals surface area (Å²) in [6, 6.07) is 6.28. The van der Waals surface area contributed by atoms with E-state index in [4.69, 9.17) is 4.74 Å². The van der Waals surface area contributed by atoms with Crippen LogP contribution in [-0.2, 0) is 4.74 Å². The molecule has 0 aromatic heterocycles. The lowest BCUT2D eigenvalue weighted by Crippen LogP contribution is -2.25. The minimum atomic E-state index is -2.47. The number of aliphatic hydroxyl groups is 1. The quantitative estimate of drug-likeness (QED) is 0.882. The summed E-state index contributed by atoms with van der Waals surface area (Å²) in [6.45, 7) is 0.656. The normalized spacial score (nSPS) is 25.2. The second kappa shape index (κ2) is 5.56. The van der Waals surface area contributed by atoms with Crippen LogP contribution in [0.15, 0.2) is 24.3 Å². The van der Waals surface area contributed by atoms with Crippen molar-refractivity contribution in [2.75, 3.05) is 13.2 Å². The largest absolute Gasteiger partial charge is 0.396 e. The first-order valence-electron chi connectivity index (χ1n) is 5.83. The smallest absolute Gasteiger partial charge is 0.263 e. The van der Waals surface area contributed by atoms with E-state index in [0.29, 0.717) is 6.61 Å². The molecule has 2 atom stereocenters. The van der Waals surface area contributed by atoms with E-state index in [0.717, 1.165) is 18.4 Å². The van der Waals surface area contributed by atoms with Gasteiger partial charge in [-0.15, -0.1) is 0 Å². The zero-order valence-electron chi connectivity index (χ0n) is 9.48. The van der Waals surface area contributed by atoms with Crippen LogP contribution >= 0.6 is 0 Å². The number of rotatable bonds is 3. The van der Waals surface area contributed by atoms with E-state index in [2.05, 4.69) is 0 Å². The molecule has 1 aromatic carbocycles. The molecule has 17 heavy (non-hydrogen) atoms. The summed E-state index contributed by atoms with van der Waals surface area (Å²) in [6.07, 6.45) is -0.936. The van der Waals surface area contributed by atoms with Gasteiger partial charge in [-0.25, -0.2) is 8.78 Å². The topological polar surface area (TPSA) is 29.5 Å². The monoisotopic (exact) mass is 242 g/mol. The lowest BCUT2D eigenvalue weighted by atomic mass is 9.89. The molecule has 0 spiro atoms. The summed E-state index contributed by atoms with van der Waals surface area (Å²) in [4.78, 5) is 0. The number of benzene rings is 1. The Bertz CT molecular complexity index is 368. The summed E-state index contributed by atoms with van der Waals surface area (Å²) in [5, 5.41) is 9.27. The molecule has 1 aliphatic heterocycles. The number of hydrogen-bond donors (Lipinski definition) is 1. The molecule has 0 radical (unpaired) electrons. The predicted molar refractivity (Wildman–Crippen MR) is 59.9 cm³/mol. The highest BCUT2D eigenvalue weighted by Crippen LogP contribution is 2.34. The Labute approximate surface area is 99.2 Å². The molecular formula is C13H16F2O2. The standard InChI is InChI=1S/C13H16F2O2/c14-13(15)10-4-1-3-9(7-10)12-11(8-16)5-2-6-17-12/h1,3-4,7,11-13,16H,2,5-6,8H2. The van der Waals surface area contributed by atoms with Gasteiger partial charge in [-0.2, -0.15) is 0 Å². The Morgan fingerprint density at radius 2 is 2.24 bits per heavy atom. The molecule has 1 fully saturated rings. The number of ether oxygens (including phenoxy) is 1. The Hall–Kier alpha value is -1.00. The molecule has 4 heteroatoms. The average molecular weight is 242 g/mol. The van der Waals surface area contributed by atoms with Gasteiger partial charge in [0.1, 0.15) is 0 Å². The minimum Gasteiger partial charge on any atom is -0.396 e. The van der Waals surface area contributed by atoms with Crippen molar-refractivity contribution >= 4 is 0 Å². The van der Waals surface area contributed by atoms with Crippen LogP contribution in [0.2, 0.25) is 0 Å². The van der Waals surface area contributed by atoms with Gasteiger partial charge in [-0.1, -0.05) is 18.2 Å². The van der Waals surface area contributed by atoms with Crippen molar-refractivity contribution in [1.29, 1.82) is 0 Å². The van der Waals surface area contributed by atoms with E-state index in [1.165, 1.54) is 12.1 Å². The predicted octanol–water partition coefficient (Wildman–Crippen LogP) is 3.08. The molecule has 0 aliphatic carbocycles. The first-order valence-corrected chi connectivity index (χ1v) is 5.83. The van der Waals surface area contributed by atoms with E-state index in [-0.39, 0.29) is 24.2 Å². The lowest BCUT2D eigenvalue weighted by Gasteiger charge is -2.31. The Morgan fingerprint density at radius 3 is 2.94 bits per heavy atom. The average Bonchev–Trinajstić information content (AvgIpc) is 2.39. The minimum absolute atomic E-state index is 0.00774. The first-order chi connectivity index (χ1) is 8.22. The molecule has 1 saturated heterocycles. The summed E-state index contributed by atoms with van der Waals surface area (Å²) >= 11 is 0. The molecule has 1 N–H and O–H groups in total. The van der Waals surface area contributed by atoms with Gasteiger partial charge in [-0.3, -0.25) is 0 Å². The van der Waals surface area contributed by atoms with Crippen LogP contribution in [0.4, 0.5) is 8.78 Å². The molecule has 2 unspecified atom stereocenters. The van der Waals surface area contributed by atoms with Crippen molar-refractivity contribution in [1.82, 2.24) is 0 Å². The van der Waals surface area contributed by atoms with Crippen LogP contribution < -0.4 is 0 Å². The van der Waals surface area contributed by atoms with E-state index in [1.54, 1.807) is 12.1 Å². The van der Waals surface area contributed by atoms with Crippen LogP contribution in [-0.4, -0.2) is 18.3 Å². The third kappa shape index (κ3) is 2.82. The highest BCUT2D eigenvalue weighted by atomic mass is 19.3. The van der Waals surface area contributed by atoms with Gasteiger partial charge >= 0.3 is 0 Å². The van der Waals surface area contributed by atoms with Gasteiger partial charge < -0.3 is 9.84 Å². The third-order valence-corrected chi connectivity index (χ3v) is 3.17. The van der Waals surface area contributed by atoms with Crippen molar-refractivity contribution in [2.24, 2.45) is 5.92 Å². The van der Waals surface area contributed by atoms with Gasteiger partial charge in [-0.05, 0) is 24.5 Å². The van der Waals surface area contributed by atoms with E-state index in [9.17, 15) is 13.9 Å². The second-order valence-corrected chi connectivity index (χ2v) is 4.35. The van der Waals surface area contributed by atoms with E-state index in [1.807, 2.05) is 0 Å². The van der Waals surface area contributed by atoms with Gasteiger partial charge in [0.05, 0.1) is 6.10 Å². The van der Waals surface area contributed by atoms with Gasteiger partial charge in [0, 0.05) is 24.7 Å². The molecular weight excluding hydrogens is 226 g/mol. The molecule has 0 bridgehead atoms. The molecule has 1 heterocycles. The van der Waals surface area contributed by atoms with Crippen LogP contribution in [0.25, 0.3) is 0 Å².